The van der Waals surface area contributed by atoms with Gasteiger partial charge in [-0.2, -0.15) is 5.10 Å². The maximum Gasteiger partial charge on any atom is 0.272 e. The van der Waals surface area contributed by atoms with Crippen molar-refractivity contribution in [2.24, 2.45) is 5.92 Å². The molecule has 0 bridgehead atoms. The van der Waals surface area contributed by atoms with E-state index in [1.54, 1.807) is 16.5 Å². The van der Waals surface area contributed by atoms with Crippen molar-refractivity contribution < 1.29 is 14.4 Å². The van der Waals surface area contributed by atoms with Gasteiger partial charge in [0, 0.05) is 32.2 Å². The second-order valence-corrected chi connectivity index (χ2v) is 8.53. The number of carbonyl (C=O) groups is 3. The summed E-state index contributed by atoms with van der Waals surface area (Å²) in [7, 11) is 0. The lowest BCUT2D eigenvalue weighted by molar-refractivity contribution is -0.122. The molecule has 164 valence electrons. The smallest absolute Gasteiger partial charge is 0.272 e. The molecule has 1 unspecified atom stereocenters. The first-order valence-electron chi connectivity index (χ1n) is 10.9. The van der Waals surface area contributed by atoms with Crippen molar-refractivity contribution in [3.63, 3.8) is 0 Å². The highest BCUT2D eigenvalue weighted by atomic mass is 16.2. The average Bonchev–Trinajstić information content (AvgIpc) is 3.51. The molecule has 2 aromatic rings. The predicted octanol–water partition coefficient (Wildman–Crippen LogP) is 1.88. The molecule has 2 aliphatic rings. The average molecular weight is 424 g/mol. The highest BCUT2D eigenvalue weighted by Gasteiger charge is 2.28. The number of rotatable bonds is 7. The third kappa shape index (κ3) is 4.95. The normalized spacial score (nSPS) is 17.0. The Balaban J connectivity index is 1.42. The number of nitrogens with one attached hydrogen (secondary N) is 2. The number of carbonyl (C=O) groups excluding carboxylic acids is 3. The lowest BCUT2D eigenvalue weighted by Gasteiger charge is -2.21. The maximum atomic E-state index is 13.1. The highest BCUT2D eigenvalue weighted by Crippen LogP contribution is 2.27. The van der Waals surface area contributed by atoms with Crippen molar-refractivity contribution >= 4 is 17.7 Å². The molecule has 0 radical (unpaired) electrons. The Morgan fingerprint density at radius 3 is 2.74 bits per heavy atom. The van der Waals surface area contributed by atoms with Gasteiger partial charge in [0.15, 0.2) is 5.69 Å². The lowest BCUT2D eigenvalue weighted by Crippen LogP contribution is -2.45. The van der Waals surface area contributed by atoms with Gasteiger partial charge in [0.25, 0.3) is 11.8 Å². The molecule has 1 aromatic heterocycles. The van der Waals surface area contributed by atoms with Crippen LogP contribution >= 0.6 is 0 Å². The van der Waals surface area contributed by atoms with Crippen molar-refractivity contribution in [1.82, 2.24) is 25.3 Å². The van der Waals surface area contributed by atoms with Crippen LogP contribution in [0.1, 0.15) is 58.3 Å². The first kappa shape index (κ1) is 21.1. The van der Waals surface area contributed by atoms with Gasteiger partial charge in [-0.3, -0.25) is 19.1 Å². The lowest BCUT2D eigenvalue weighted by atomic mass is 10.1. The molecular formula is C23H29N5O3. The van der Waals surface area contributed by atoms with Gasteiger partial charge in [-0.05, 0) is 50.2 Å². The minimum Gasteiger partial charge on any atom is -0.354 e. The fourth-order valence-electron chi connectivity index (χ4n) is 3.75. The Bertz CT molecular complexity index is 995. The van der Waals surface area contributed by atoms with E-state index in [1.165, 1.54) is 6.07 Å². The van der Waals surface area contributed by atoms with Crippen LogP contribution in [0, 0.1) is 12.8 Å². The quantitative estimate of drug-likeness (QED) is 0.711. The van der Waals surface area contributed by atoms with Crippen molar-refractivity contribution in [3.05, 3.63) is 52.8 Å². The minimum absolute atomic E-state index is 0.137. The monoisotopic (exact) mass is 423 g/mol. The Kier molecular flexibility index (Phi) is 6.06. The van der Waals surface area contributed by atoms with E-state index in [0.29, 0.717) is 37.8 Å². The third-order valence-electron chi connectivity index (χ3n) is 5.94. The molecular weight excluding hydrogens is 394 g/mol. The number of amides is 3. The van der Waals surface area contributed by atoms with E-state index in [0.717, 1.165) is 30.4 Å². The Morgan fingerprint density at radius 2 is 2.00 bits per heavy atom. The molecule has 0 spiro atoms. The topological polar surface area (TPSA) is 96.3 Å². The van der Waals surface area contributed by atoms with Crippen LogP contribution in [-0.2, 0) is 17.9 Å². The van der Waals surface area contributed by atoms with E-state index in [4.69, 9.17) is 0 Å². The van der Waals surface area contributed by atoms with Gasteiger partial charge in [0.05, 0.1) is 0 Å². The molecule has 1 saturated carbocycles. The van der Waals surface area contributed by atoms with Crippen molar-refractivity contribution in [2.45, 2.75) is 52.2 Å². The SMILES string of the molecule is Cc1ccccc1CN1CCCn2nc(C(=O)NC(C)C(=O)NCC3CC3)cc2C1=O. The molecule has 1 aromatic carbocycles. The fourth-order valence-corrected chi connectivity index (χ4v) is 3.75. The van der Waals surface area contributed by atoms with Crippen LogP contribution < -0.4 is 10.6 Å². The standard InChI is InChI=1S/C23H29N5O3/c1-15-6-3-4-7-18(15)14-27-10-5-11-28-20(23(27)31)12-19(26-28)22(30)25-16(2)21(29)24-13-17-8-9-17/h3-4,6-7,12,16-17H,5,8-11,13-14H2,1-2H3,(H,24,29)(H,25,30). The molecule has 2 heterocycles. The highest BCUT2D eigenvalue weighted by molar-refractivity contribution is 5.99. The minimum atomic E-state index is -0.666. The van der Waals surface area contributed by atoms with Gasteiger partial charge >= 0.3 is 0 Å². The summed E-state index contributed by atoms with van der Waals surface area (Å²) in [5.41, 5.74) is 2.81. The Labute approximate surface area is 182 Å². The molecule has 31 heavy (non-hydrogen) atoms. The second-order valence-electron chi connectivity index (χ2n) is 8.53. The van der Waals surface area contributed by atoms with Crippen LogP contribution in [0.5, 0.6) is 0 Å². The largest absolute Gasteiger partial charge is 0.354 e. The summed E-state index contributed by atoms with van der Waals surface area (Å²) in [4.78, 5) is 39.8. The molecule has 0 saturated heterocycles. The number of aromatic nitrogens is 2. The van der Waals surface area contributed by atoms with E-state index in [9.17, 15) is 14.4 Å². The first-order valence-corrected chi connectivity index (χ1v) is 10.9. The number of hydrogen-bond donors (Lipinski definition) is 2. The molecule has 1 fully saturated rings. The maximum absolute atomic E-state index is 13.1. The van der Waals surface area contributed by atoms with E-state index in [-0.39, 0.29) is 17.5 Å². The summed E-state index contributed by atoms with van der Waals surface area (Å²) in [5, 5.41) is 9.89. The Hall–Kier alpha value is -3.16. The van der Waals surface area contributed by atoms with Crippen LogP contribution in [0.3, 0.4) is 0 Å². The second kappa shape index (κ2) is 8.91. The van der Waals surface area contributed by atoms with E-state index >= 15 is 0 Å². The van der Waals surface area contributed by atoms with Gasteiger partial charge in [-0.1, -0.05) is 24.3 Å². The van der Waals surface area contributed by atoms with Gasteiger partial charge in [-0.25, -0.2) is 0 Å². The summed E-state index contributed by atoms with van der Waals surface area (Å²) in [6, 6.07) is 8.88. The molecule has 1 aliphatic carbocycles. The van der Waals surface area contributed by atoms with Crippen molar-refractivity contribution in [2.75, 3.05) is 13.1 Å². The third-order valence-corrected chi connectivity index (χ3v) is 5.94. The van der Waals surface area contributed by atoms with Gasteiger partial charge in [-0.15, -0.1) is 0 Å². The van der Waals surface area contributed by atoms with Crippen molar-refractivity contribution in [1.29, 1.82) is 0 Å². The molecule has 8 heteroatoms. The summed E-state index contributed by atoms with van der Waals surface area (Å²) in [6.07, 6.45) is 3.06. The summed E-state index contributed by atoms with van der Waals surface area (Å²) in [5.74, 6) is -0.221. The van der Waals surface area contributed by atoms with Gasteiger partial charge < -0.3 is 15.5 Å². The van der Waals surface area contributed by atoms with Crippen LogP contribution in [0.15, 0.2) is 30.3 Å². The van der Waals surface area contributed by atoms with Crippen LogP contribution in [0.2, 0.25) is 0 Å². The summed E-state index contributed by atoms with van der Waals surface area (Å²) >= 11 is 0. The van der Waals surface area contributed by atoms with Crippen LogP contribution in [0.4, 0.5) is 0 Å². The molecule has 2 N–H and O–H groups in total. The number of nitrogens with zero attached hydrogens (tertiary/aromatic N) is 3. The zero-order chi connectivity index (χ0) is 22.0. The first-order chi connectivity index (χ1) is 14.9. The van der Waals surface area contributed by atoms with E-state index < -0.39 is 11.9 Å². The molecule has 1 atom stereocenters. The molecule has 8 nitrogen and oxygen atoms in total. The molecule has 1 aliphatic heterocycles. The van der Waals surface area contributed by atoms with Crippen molar-refractivity contribution in [3.8, 4) is 0 Å². The number of fused-ring (bicyclic) bond motifs is 1. The summed E-state index contributed by atoms with van der Waals surface area (Å²) < 4.78 is 1.60. The Morgan fingerprint density at radius 1 is 1.23 bits per heavy atom. The number of benzene rings is 1. The molecule has 4 rings (SSSR count). The summed E-state index contributed by atoms with van der Waals surface area (Å²) in [6.45, 7) is 6.06. The molecule has 3 amide bonds. The van der Waals surface area contributed by atoms with Crippen LogP contribution in [0.25, 0.3) is 0 Å². The number of hydrogen-bond acceptors (Lipinski definition) is 4. The van der Waals surface area contributed by atoms with Crippen LogP contribution in [-0.4, -0.2) is 51.5 Å². The number of aryl methyl sites for hydroxylation is 2. The fraction of sp³-hybridized carbons (Fsp3) is 0.478. The van der Waals surface area contributed by atoms with Gasteiger partial charge in [0.2, 0.25) is 5.91 Å². The zero-order valence-electron chi connectivity index (χ0n) is 18.1. The predicted molar refractivity (Wildman–Crippen MR) is 115 cm³/mol. The van der Waals surface area contributed by atoms with E-state index in [1.807, 2.05) is 31.2 Å². The van der Waals surface area contributed by atoms with E-state index in [2.05, 4.69) is 15.7 Å². The zero-order valence-corrected chi connectivity index (χ0v) is 18.1. The van der Waals surface area contributed by atoms with Gasteiger partial charge in [0.1, 0.15) is 11.7 Å².